The number of tetrazole rings is 1. The largest absolute Gasteiger partial charge is 0.468 e. The number of pyridine rings is 2. The predicted octanol–water partition coefficient (Wildman–Crippen LogP) is 5.57. The molecule has 1 aromatic carbocycles. The molecule has 15 nitrogen and oxygen atoms in total. The van der Waals surface area contributed by atoms with Gasteiger partial charge in [-0.1, -0.05) is 62.1 Å². The van der Waals surface area contributed by atoms with Crippen LogP contribution >= 0.6 is 0 Å². The van der Waals surface area contributed by atoms with Crippen LogP contribution in [0, 0.1) is 0 Å². The number of carbonyl (C=O) groups excluding carboxylic acids is 1. The second kappa shape index (κ2) is 14.9. The van der Waals surface area contributed by atoms with Crippen LogP contribution in [0.15, 0.2) is 67.0 Å². The van der Waals surface area contributed by atoms with E-state index in [-0.39, 0.29) is 18.2 Å². The van der Waals surface area contributed by atoms with Crippen LogP contribution in [0.25, 0.3) is 11.3 Å². The Morgan fingerprint density at radius 1 is 0.804 bits per heavy atom. The Bertz CT molecular complexity index is 2310. The van der Waals surface area contributed by atoms with Crippen LogP contribution in [0.1, 0.15) is 87.5 Å². The maximum absolute atomic E-state index is 12.3. The van der Waals surface area contributed by atoms with Gasteiger partial charge in [-0.15, -0.1) is 25.5 Å². The molecule has 6 aromatic rings. The summed E-state index contributed by atoms with van der Waals surface area (Å²) < 4.78 is 22.4. The first-order valence-electron chi connectivity index (χ1n) is 19.1. The smallest absolute Gasteiger partial charge is 0.319 e. The summed E-state index contributed by atoms with van der Waals surface area (Å²) in [5.41, 5.74) is 1.53. The van der Waals surface area contributed by atoms with Crippen molar-refractivity contribution < 1.29 is 24.1 Å². The Balaban J connectivity index is 0.000000172. The zero-order valence-corrected chi connectivity index (χ0v) is 34.6. The monoisotopic (exact) mass is 780 g/mol. The fourth-order valence-corrected chi connectivity index (χ4v) is 7.81. The Morgan fingerprint density at radius 3 is 2.04 bits per heavy atom. The molecule has 0 bridgehead atoms. The molecule has 2 fully saturated rings. The van der Waals surface area contributed by atoms with E-state index < -0.39 is 24.7 Å². The average molecular weight is 781 g/mol. The number of hydrogen-bond acceptors (Lipinski definition) is 12. The number of nitrogens with zero attached hydrogens (tertiary/aromatic N) is 10. The number of aliphatic hydroxyl groups is 1. The standard InChI is InChI=1S/C20H21N7O.C20H31N3O4Si/c1-19(2,28)15-9-6-12-26-16(15)21-22-17(26)20(10-11-20)18-23-24-25-27(18)13-14-7-4-3-5-8-14;1-19(2,27-14-26-12-13-28(4,5)6)15-8-7-11-23-16(15)21-22-17(23)20(9-10-20)18(24)25-3/h3-9,12,28H,10-11,13H2,1-2H3;7-8,11H,9-10,12-14H2,1-6H3. The quantitative estimate of drug-likeness (QED) is 0.0633. The molecule has 2 aliphatic carbocycles. The van der Waals surface area contributed by atoms with Gasteiger partial charge < -0.3 is 19.3 Å². The minimum absolute atomic E-state index is 0.228. The van der Waals surface area contributed by atoms with Crippen LogP contribution < -0.4 is 0 Å². The number of fused-ring (bicyclic) bond motifs is 2. The highest BCUT2D eigenvalue weighted by Gasteiger charge is 2.56. The van der Waals surface area contributed by atoms with Crippen molar-refractivity contribution in [1.82, 2.24) is 49.4 Å². The molecule has 5 heterocycles. The molecule has 5 aromatic heterocycles. The zero-order chi connectivity index (χ0) is 39.9. The van der Waals surface area contributed by atoms with Gasteiger partial charge in [-0.2, -0.15) is 0 Å². The van der Waals surface area contributed by atoms with E-state index in [1.54, 1.807) is 13.8 Å². The lowest BCUT2D eigenvalue weighted by Crippen LogP contribution is -2.27. The molecule has 56 heavy (non-hydrogen) atoms. The molecule has 16 heteroatoms. The summed E-state index contributed by atoms with van der Waals surface area (Å²) in [4.78, 5) is 12.3. The van der Waals surface area contributed by atoms with E-state index in [0.29, 0.717) is 30.3 Å². The first-order chi connectivity index (χ1) is 26.6. The van der Waals surface area contributed by atoms with Crippen molar-refractivity contribution in [2.24, 2.45) is 0 Å². The fourth-order valence-electron chi connectivity index (χ4n) is 7.06. The summed E-state index contributed by atoms with van der Waals surface area (Å²) in [6, 6.07) is 19.0. The number of esters is 1. The lowest BCUT2D eigenvalue weighted by Gasteiger charge is -2.26. The number of methoxy groups -OCH3 is 1. The van der Waals surface area contributed by atoms with Gasteiger partial charge in [0, 0.05) is 38.2 Å². The van der Waals surface area contributed by atoms with Crippen LogP contribution in [-0.4, -0.2) is 89.1 Å². The van der Waals surface area contributed by atoms with Crippen molar-refractivity contribution in [1.29, 1.82) is 0 Å². The average Bonchev–Trinajstić information content (AvgIpc) is 3.97. The van der Waals surface area contributed by atoms with Gasteiger partial charge in [-0.25, -0.2) is 4.68 Å². The second-order valence-corrected chi connectivity index (χ2v) is 22.8. The number of rotatable bonds is 14. The maximum atomic E-state index is 12.3. The molecule has 0 atom stereocenters. The summed E-state index contributed by atoms with van der Waals surface area (Å²) in [6.07, 6.45) is 7.11. The summed E-state index contributed by atoms with van der Waals surface area (Å²) in [5.74, 6) is 2.01. The number of aromatic nitrogens is 10. The summed E-state index contributed by atoms with van der Waals surface area (Å²) in [6.45, 7) is 16.0. The summed E-state index contributed by atoms with van der Waals surface area (Å²) in [7, 11) is 0.298. The van der Waals surface area contributed by atoms with Gasteiger partial charge in [0.25, 0.3) is 0 Å². The molecule has 8 rings (SSSR count). The predicted molar refractivity (Wildman–Crippen MR) is 211 cm³/mol. The van der Waals surface area contributed by atoms with E-state index in [1.165, 1.54) is 7.11 Å². The SMILES string of the molecule is CC(C)(O)c1cccn2c(C3(c4nnnn4Cc4ccccc4)CC3)nnc12.COC(=O)C1(c2nnc3c(C(C)(C)OCOCC[Si](C)(C)C)cccn23)CC1. The third-order valence-electron chi connectivity index (χ3n) is 10.7. The van der Waals surface area contributed by atoms with Gasteiger partial charge in [0.05, 0.1) is 30.3 Å². The van der Waals surface area contributed by atoms with Crippen molar-refractivity contribution >= 4 is 25.3 Å². The van der Waals surface area contributed by atoms with E-state index in [4.69, 9.17) is 14.2 Å². The van der Waals surface area contributed by atoms with Gasteiger partial charge in [0.15, 0.2) is 28.8 Å². The molecule has 2 aliphatic rings. The van der Waals surface area contributed by atoms with Crippen LogP contribution in [-0.2, 0) is 47.6 Å². The minimum atomic E-state index is -1.12. The first kappa shape index (κ1) is 39.3. The Kier molecular flexibility index (Phi) is 10.4. The Labute approximate surface area is 327 Å². The molecule has 0 radical (unpaired) electrons. The molecule has 2 saturated carbocycles. The van der Waals surface area contributed by atoms with Gasteiger partial charge in [0.1, 0.15) is 12.2 Å². The van der Waals surface area contributed by atoms with Crippen LogP contribution in [0.4, 0.5) is 0 Å². The lowest BCUT2D eigenvalue weighted by molar-refractivity contribution is -0.143. The molecule has 296 valence electrons. The number of benzene rings is 1. The van der Waals surface area contributed by atoms with E-state index >= 15 is 0 Å². The first-order valence-corrected chi connectivity index (χ1v) is 22.8. The third-order valence-corrected chi connectivity index (χ3v) is 12.4. The van der Waals surface area contributed by atoms with Gasteiger partial charge in [0.2, 0.25) is 0 Å². The third kappa shape index (κ3) is 7.75. The van der Waals surface area contributed by atoms with Gasteiger partial charge in [-0.05, 0) is 87.5 Å². The van der Waals surface area contributed by atoms with Crippen molar-refractivity contribution in [2.75, 3.05) is 20.5 Å². The van der Waals surface area contributed by atoms with Gasteiger partial charge >= 0.3 is 5.97 Å². The van der Waals surface area contributed by atoms with Crippen LogP contribution in [0.2, 0.25) is 25.7 Å². The normalized spacial score (nSPS) is 16.1. The summed E-state index contributed by atoms with van der Waals surface area (Å²) in [5, 5.41) is 40.6. The molecule has 0 saturated heterocycles. The minimum Gasteiger partial charge on any atom is -0.468 e. The highest BCUT2D eigenvalue weighted by Crippen LogP contribution is 2.52. The topological polar surface area (TPSA) is 169 Å². The second-order valence-electron chi connectivity index (χ2n) is 17.1. The van der Waals surface area contributed by atoms with Crippen molar-refractivity contribution in [3.8, 4) is 0 Å². The van der Waals surface area contributed by atoms with Crippen molar-refractivity contribution in [3.63, 3.8) is 0 Å². The molecule has 0 spiro atoms. The number of ether oxygens (including phenoxy) is 3. The molecule has 0 amide bonds. The van der Waals surface area contributed by atoms with Gasteiger partial charge in [-0.3, -0.25) is 13.6 Å². The highest BCUT2D eigenvalue weighted by molar-refractivity contribution is 6.76. The highest BCUT2D eigenvalue weighted by atomic mass is 28.3. The zero-order valence-electron chi connectivity index (χ0n) is 33.6. The molecule has 0 aliphatic heterocycles. The number of hydrogen-bond donors (Lipinski definition) is 1. The number of carbonyl (C=O) groups is 1. The van der Waals surface area contributed by atoms with Crippen LogP contribution in [0.5, 0.6) is 0 Å². The fraction of sp³-hybridized carbons (Fsp3) is 0.500. The van der Waals surface area contributed by atoms with Crippen molar-refractivity contribution in [3.05, 3.63) is 101 Å². The molecular weight excluding hydrogens is 729 g/mol. The van der Waals surface area contributed by atoms with E-state index in [2.05, 4.69) is 67.7 Å². The Morgan fingerprint density at radius 2 is 1.43 bits per heavy atom. The lowest BCUT2D eigenvalue weighted by atomic mass is 9.99. The van der Waals surface area contributed by atoms with E-state index in [0.717, 1.165) is 60.1 Å². The molecule has 1 N–H and O–H groups in total. The van der Waals surface area contributed by atoms with Crippen LogP contribution in [0.3, 0.4) is 0 Å². The molecular formula is C40H52N10O5Si. The Hall–Kier alpha value is -4.90. The van der Waals surface area contributed by atoms with Crippen molar-refractivity contribution in [2.45, 2.75) is 108 Å². The molecule has 0 unspecified atom stereocenters. The van der Waals surface area contributed by atoms with E-state index in [9.17, 15) is 9.90 Å². The maximum Gasteiger partial charge on any atom is 0.319 e. The summed E-state index contributed by atoms with van der Waals surface area (Å²) >= 11 is 0. The van der Waals surface area contributed by atoms with E-state index in [1.807, 2.05) is 82.2 Å².